The molecule has 0 bridgehead atoms. The number of rotatable bonds is 2. The lowest BCUT2D eigenvalue weighted by molar-refractivity contribution is -0.127. The van der Waals surface area contributed by atoms with Crippen molar-refractivity contribution in [3.8, 4) is 0 Å². The van der Waals surface area contributed by atoms with Crippen LogP contribution in [0, 0.1) is 0 Å². The Labute approximate surface area is 125 Å². The molecule has 0 atom stereocenters. The summed E-state index contributed by atoms with van der Waals surface area (Å²) in [6.45, 7) is 0.826. The Kier molecular flexibility index (Phi) is 2.85. The predicted octanol–water partition coefficient (Wildman–Crippen LogP) is 3.70. The van der Waals surface area contributed by atoms with Gasteiger partial charge < -0.3 is 4.90 Å². The first-order valence-electron chi connectivity index (χ1n) is 7.77. The van der Waals surface area contributed by atoms with Gasteiger partial charge in [0.1, 0.15) is 0 Å². The van der Waals surface area contributed by atoms with E-state index in [1.807, 2.05) is 29.2 Å². The standard InChI is InChI=1S/C19H19NO/c21-18(20-14-11-15-7-4-5-10-17(15)20)19(12-6-13-19)16-8-2-1-3-9-16/h1-5,7-10H,6,11-14H2. The van der Waals surface area contributed by atoms with Crippen LogP contribution in [-0.4, -0.2) is 12.5 Å². The number of anilines is 1. The third-order valence-electron chi connectivity index (χ3n) is 5.08. The molecule has 106 valence electrons. The summed E-state index contributed by atoms with van der Waals surface area (Å²) in [5.41, 5.74) is 3.32. The van der Waals surface area contributed by atoms with Crippen LogP contribution in [0.2, 0.25) is 0 Å². The van der Waals surface area contributed by atoms with Gasteiger partial charge in [-0.3, -0.25) is 4.79 Å². The molecule has 2 aromatic carbocycles. The van der Waals surface area contributed by atoms with E-state index in [0.717, 1.165) is 37.9 Å². The number of benzene rings is 2. The Hall–Kier alpha value is -2.09. The zero-order valence-electron chi connectivity index (χ0n) is 12.1. The fraction of sp³-hybridized carbons (Fsp3) is 0.316. The maximum Gasteiger partial charge on any atom is 0.237 e. The van der Waals surface area contributed by atoms with Crippen molar-refractivity contribution in [2.75, 3.05) is 11.4 Å². The summed E-state index contributed by atoms with van der Waals surface area (Å²) in [7, 11) is 0. The van der Waals surface area contributed by atoms with Gasteiger partial charge >= 0.3 is 0 Å². The Morgan fingerprint density at radius 1 is 0.952 bits per heavy atom. The van der Waals surface area contributed by atoms with E-state index >= 15 is 0 Å². The molecule has 1 saturated carbocycles. The normalized spacial score (nSPS) is 19.0. The molecule has 0 radical (unpaired) electrons. The molecule has 0 N–H and O–H groups in total. The molecule has 0 aromatic heterocycles. The van der Waals surface area contributed by atoms with Crippen molar-refractivity contribution in [2.45, 2.75) is 31.1 Å². The first-order chi connectivity index (χ1) is 10.3. The van der Waals surface area contributed by atoms with Crippen LogP contribution < -0.4 is 4.90 Å². The van der Waals surface area contributed by atoms with Gasteiger partial charge in [0.15, 0.2) is 0 Å². The molecule has 2 nitrogen and oxygen atoms in total. The molecule has 0 saturated heterocycles. The lowest BCUT2D eigenvalue weighted by Crippen LogP contribution is -2.50. The van der Waals surface area contributed by atoms with Gasteiger partial charge in [0.25, 0.3) is 0 Å². The van der Waals surface area contributed by atoms with Crippen molar-refractivity contribution >= 4 is 11.6 Å². The van der Waals surface area contributed by atoms with E-state index in [4.69, 9.17) is 0 Å². The molecule has 1 heterocycles. The Balaban J connectivity index is 1.72. The Morgan fingerprint density at radius 2 is 1.67 bits per heavy atom. The monoisotopic (exact) mass is 277 g/mol. The lowest BCUT2D eigenvalue weighted by atomic mass is 9.63. The fourth-order valence-corrected chi connectivity index (χ4v) is 3.72. The van der Waals surface area contributed by atoms with Gasteiger partial charge in [-0.05, 0) is 36.5 Å². The van der Waals surface area contributed by atoms with E-state index < -0.39 is 0 Å². The van der Waals surface area contributed by atoms with Gasteiger partial charge in [-0.15, -0.1) is 0 Å². The van der Waals surface area contributed by atoms with Gasteiger partial charge in [-0.25, -0.2) is 0 Å². The van der Waals surface area contributed by atoms with Crippen LogP contribution in [0.5, 0.6) is 0 Å². The molecule has 1 aliphatic carbocycles. The molecule has 2 aromatic rings. The number of para-hydroxylation sites is 1. The minimum absolute atomic E-state index is 0.279. The first kappa shape index (κ1) is 12.6. The number of nitrogens with zero attached hydrogens (tertiary/aromatic N) is 1. The van der Waals surface area contributed by atoms with E-state index in [1.165, 1.54) is 11.1 Å². The first-order valence-corrected chi connectivity index (χ1v) is 7.77. The van der Waals surface area contributed by atoms with Gasteiger partial charge in [-0.2, -0.15) is 0 Å². The summed E-state index contributed by atoms with van der Waals surface area (Å²) < 4.78 is 0. The van der Waals surface area contributed by atoms with Crippen molar-refractivity contribution in [2.24, 2.45) is 0 Å². The number of carbonyl (C=O) groups is 1. The smallest absolute Gasteiger partial charge is 0.237 e. The van der Waals surface area contributed by atoms with Crippen LogP contribution in [-0.2, 0) is 16.6 Å². The summed E-state index contributed by atoms with van der Waals surface area (Å²) in [5, 5.41) is 0. The van der Waals surface area contributed by atoms with E-state index in [9.17, 15) is 4.79 Å². The molecule has 0 unspecified atom stereocenters. The van der Waals surface area contributed by atoms with E-state index in [-0.39, 0.29) is 5.41 Å². The summed E-state index contributed by atoms with van der Waals surface area (Å²) in [5.74, 6) is 0.296. The summed E-state index contributed by atoms with van der Waals surface area (Å²) in [6.07, 6.45) is 4.09. The van der Waals surface area contributed by atoms with Gasteiger partial charge in [-0.1, -0.05) is 55.0 Å². The van der Waals surface area contributed by atoms with Crippen molar-refractivity contribution in [1.82, 2.24) is 0 Å². The Morgan fingerprint density at radius 3 is 2.38 bits per heavy atom. The average Bonchev–Trinajstić information content (AvgIpc) is 2.91. The van der Waals surface area contributed by atoms with E-state index in [1.54, 1.807) is 0 Å². The molecular weight excluding hydrogens is 258 g/mol. The molecule has 0 spiro atoms. The SMILES string of the molecule is O=C(N1CCc2ccccc21)C1(c2ccccc2)CCC1. The van der Waals surface area contributed by atoms with Crippen molar-refractivity contribution in [3.63, 3.8) is 0 Å². The quantitative estimate of drug-likeness (QED) is 0.819. The van der Waals surface area contributed by atoms with Crippen molar-refractivity contribution in [1.29, 1.82) is 0 Å². The largest absolute Gasteiger partial charge is 0.311 e. The third-order valence-corrected chi connectivity index (χ3v) is 5.08. The zero-order chi connectivity index (χ0) is 14.3. The zero-order valence-corrected chi connectivity index (χ0v) is 12.1. The number of hydrogen-bond donors (Lipinski definition) is 0. The van der Waals surface area contributed by atoms with E-state index in [2.05, 4.69) is 30.3 Å². The average molecular weight is 277 g/mol. The van der Waals surface area contributed by atoms with Gasteiger partial charge in [0.05, 0.1) is 5.41 Å². The summed E-state index contributed by atoms with van der Waals surface area (Å²) >= 11 is 0. The van der Waals surface area contributed by atoms with Crippen molar-refractivity contribution < 1.29 is 4.79 Å². The minimum atomic E-state index is -0.279. The highest BCUT2D eigenvalue weighted by Gasteiger charge is 2.48. The van der Waals surface area contributed by atoms with Crippen LogP contribution in [0.15, 0.2) is 54.6 Å². The third kappa shape index (κ3) is 1.82. The maximum absolute atomic E-state index is 13.2. The minimum Gasteiger partial charge on any atom is -0.311 e. The molecular formula is C19H19NO. The predicted molar refractivity (Wildman–Crippen MR) is 84.5 cm³/mol. The van der Waals surface area contributed by atoms with Crippen LogP contribution in [0.4, 0.5) is 5.69 Å². The highest BCUT2D eigenvalue weighted by molar-refractivity contribution is 6.03. The van der Waals surface area contributed by atoms with Gasteiger partial charge in [0, 0.05) is 12.2 Å². The molecule has 1 fully saturated rings. The van der Waals surface area contributed by atoms with Gasteiger partial charge in [0.2, 0.25) is 5.91 Å². The number of hydrogen-bond acceptors (Lipinski definition) is 1. The molecule has 2 aliphatic rings. The van der Waals surface area contributed by atoms with Crippen LogP contribution in [0.3, 0.4) is 0 Å². The molecule has 2 heteroatoms. The highest BCUT2D eigenvalue weighted by Crippen LogP contribution is 2.46. The maximum atomic E-state index is 13.2. The summed E-state index contributed by atoms with van der Waals surface area (Å²) in [6, 6.07) is 18.6. The highest BCUT2D eigenvalue weighted by atomic mass is 16.2. The van der Waals surface area contributed by atoms with Crippen LogP contribution in [0.25, 0.3) is 0 Å². The number of carbonyl (C=O) groups excluding carboxylic acids is 1. The molecule has 1 aliphatic heterocycles. The second kappa shape index (κ2) is 4.73. The molecule has 21 heavy (non-hydrogen) atoms. The fourth-order valence-electron chi connectivity index (χ4n) is 3.72. The lowest BCUT2D eigenvalue weighted by Gasteiger charge is -2.43. The van der Waals surface area contributed by atoms with E-state index in [0.29, 0.717) is 5.91 Å². The van der Waals surface area contributed by atoms with Crippen molar-refractivity contribution in [3.05, 3.63) is 65.7 Å². The second-order valence-corrected chi connectivity index (χ2v) is 6.14. The van der Waals surface area contributed by atoms with Crippen LogP contribution in [0.1, 0.15) is 30.4 Å². The molecule has 4 rings (SSSR count). The van der Waals surface area contributed by atoms with Crippen LogP contribution >= 0.6 is 0 Å². The summed E-state index contributed by atoms with van der Waals surface area (Å²) in [4.78, 5) is 15.3. The number of amides is 1. The molecule has 1 amide bonds. The second-order valence-electron chi connectivity index (χ2n) is 6.14. The number of fused-ring (bicyclic) bond motifs is 1. The topological polar surface area (TPSA) is 20.3 Å². The Bertz CT molecular complexity index is 673.